The van der Waals surface area contributed by atoms with Crippen molar-refractivity contribution in [2.75, 3.05) is 0 Å². The highest BCUT2D eigenvalue weighted by Crippen LogP contribution is 2.41. The van der Waals surface area contributed by atoms with Gasteiger partial charge in [0.05, 0.1) is 17.6 Å². The number of hydrogen-bond donors (Lipinski definition) is 2. The van der Waals surface area contributed by atoms with Crippen molar-refractivity contribution in [1.29, 1.82) is 0 Å². The summed E-state index contributed by atoms with van der Waals surface area (Å²) in [6.07, 6.45) is 5.54. The highest BCUT2D eigenvalue weighted by Gasteiger charge is 2.36. The van der Waals surface area contributed by atoms with Crippen LogP contribution in [0.5, 0.6) is 5.75 Å². The van der Waals surface area contributed by atoms with Gasteiger partial charge < -0.3 is 19.7 Å². The van der Waals surface area contributed by atoms with E-state index in [0.29, 0.717) is 23.5 Å². The third kappa shape index (κ3) is 2.79. The molecular weight excluding hydrogens is 332 g/mol. The largest absolute Gasteiger partial charge is 0.508 e. The average Bonchev–Trinajstić information content (AvgIpc) is 2.71. The number of fused-ring (bicyclic) bond motifs is 1. The molecule has 0 spiro atoms. The number of aliphatic hydroxyl groups is 1. The standard InChI is InChI=1S/C21H20O5/c1-21(2)10-9-14-16(26-21)7-8-17-19(20(14)24)15(23)11-18(25-17)12-3-5-13(22)6-4-12/h3-7,9-10,18,22,24H,8,11H2,1-2H3. The number of aromatic hydroxyl groups is 1. The Morgan fingerprint density at radius 1 is 1.15 bits per heavy atom. The van der Waals surface area contributed by atoms with E-state index in [9.17, 15) is 15.0 Å². The van der Waals surface area contributed by atoms with Gasteiger partial charge in [0.2, 0.25) is 0 Å². The molecule has 3 aliphatic rings. The molecule has 1 atom stereocenters. The number of hydrogen-bond acceptors (Lipinski definition) is 5. The summed E-state index contributed by atoms with van der Waals surface area (Å²) in [5.74, 6) is 0.905. The lowest BCUT2D eigenvalue weighted by atomic mass is 9.93. The van der Waals surface area contributed by atoms with Crippen LogP contribution in [-0.2, 0) is 14.3 Å². The summed E-state index contributed by atoms with van der Waals surface area (Å²) in [5, 5.41) is 20.2. The Labute approximate surface area is 151 Å². The molecule has 4 rings (SSSR count). The van der Waals surface area contributed by atoms with Crippen LogP contribution in [-0.4, -0.2) is 21.6 Å². The number of rotatable bonds is 1. The number of carbonyl (C=O) groups excluding carboxylic acids is 1. The molecule has 0 fully saturated rings. The van der Waals surface area contributed by atoms with Crippen LogP contribution in [0.15, 0.2) is 70.9 Å². The first-order valence-electron chi connectivity index (χ1n) is 8.58. The maximum absolute atomic E-state index is 12.8. The van der Waals surface area contributed by atoms with Crippen molar-refractivity contribution in [1.82, 2.24) is 0 Å². The van der Waals surface area contributed by atoms with Crippen LogP contribution >= 0.6 is 0 Å². The predicted octanol–water partition coefficient (Wildman–Crippen LogP) is 4.14. The van der Waals surface area contributed by atoms with E-state index in [-0.39, 0.29) is 29.3 Å². The van der Waals surface area contributed by atoms with Gasteiger partial charge in [0.1, 0.15) is 34.7 Å². The predicted molar refractivity (Wildman–Crippen MR) is 95.2 cm³/mol. The minimum absolute atomic E-state index is 0.0929. The minimum atomic E-state index is -0.472. The molecule has 0 radical (unpaired) electrons. The summed E-state index contributed by atoms with van der Waals surface area (Å²) < 4.78 is 12.0. The zero-order chi connectivity index (χ0) is 18.5. The Morgan fingerprint density at radius 3 is 2.62 bits per heavy atom. The first kappa shape index (κ1) is 16.5. The molecule has 5 nitrogen and oxygen atoms in total. The summed E-state index contributed by atoms with van der Waals surface area (Å²) >= 11 is 0. The SMILES string of the molecule is CC1(C)C=CC2=C(O)C3=C(CC=C2O1)OC(c1ccc(O)cc1)CC3=O. The van der Waals surface area contributed by atoms with Crippen molar-refractivity contribution >= 4 is 5.78 Å². The number of phenols is 1. The number of benzene rings is 1. The van der Waals surface area contributed by atoms with Crippen LogP contribution in [0.1, 0.15) is 38.4 Å². The lowest BCUT2D eigenvalue weighted by Gasteiger charge is -2.29. The van der Waals surface area contributed by atoms with Crippen molar-refractivity contribution < 1.29 is 24.5 Å². The average molecular weight is 352 g/mol. The molecule has 0 amide bonds. The molecule has 2 aliphatic heterocycles. The second kappa shape index (κ2) is 5.80. The number of ether oxygens (including phenoxy) is 2. The first-order chi connectivity index (χ1) is 12.3. The third-order valence-electron chi connectivity index (χ3n) is 4.73. The van der Waals surface area contributed by atoms with E-state index in [1.807, 2.05) is 26.0 Å². The van der Waals surface area contributed by atoms with Gasteiger partial charge in [-0.15, -0.1) is 0 Å². The molecule has 5 heteroatoms. The van der Waals surface area contributed by atoms with E-state index in [1.54, 1.807) is 30.3 Å². The lowest BCUT2D eigenvalue weighted by molar-refractivity contribution is -0.120. The number of allylic oxidation sites excluding steroid dienone is 3. The maximum Gasteiger partial charge on any atom is 0.174 e. The fourth-order valence-corrected chi connectivity index (χ4v) is 3.39. The van der Waals surface area contributed by atoms with Gasteiger partial charge in [0.15, 0.2) is 5.78 Å². The highest BCUT2D eigenvalue weighted by molar-refractivity contribution is 6.01. The van der Waals surface area contributed by atoms with E-state index < -0.39 is 11.7 Å². The second-order valence-electron chi connectivity index (χ2n) is 7.20. The molecule has 0 bridgehead atoms. The van der Waals surface area contributed by atoms with Crippen molar-refractivity contribution in [3.63, 3.8) is 0 Å². The Kier molecular flexibility index (Phi) is 3.68. The van der Waals surface area contributed by atoms with Gasteiger partial charge in [-0.25, -0.2) is 0 Å². The van der Waals surface area contributed by atoms with Gasteiger partial charge in [0, 0.05) is 6.42 Å². The minimum Gasteiger partial charge on any atom is -0.508 e. The lowest BCUT2D eigenvalue weighted by Crippen LogP contribution is -2.25. The molecule has 1 aliphatic carbocycles. The Morgan fingerprint density at radius 2 is 1.88 bits per heavy atom. The summed E-state index contributed by atoms with van der Waals surface area (Å²) in [6, 6.07) is 6.61. The molecule has 2 heterocycles. The van der Waals surface area contributed by atoms with E-state index >= 15 is 0 Å². The van der Waals surface area contributed by atoms with Gasteiger partial charge in [-0.2, -0.15) is 0 Å². The number of carbonyl (C=O) groups is 1. The molecule has 26 heavy (non-hydrogen) atoms. The van der Waals surface area contributed by atoms with Gasteiger partial charge in [-0.1, -0.05) is 12.1 Å². The van der Waals surface area contributed by atoms with Gasteiger partial charge in [-0.3, -0.25) is 4.79 Å². The Hall–Kier alpha value is -2.95. The zero-order valence-electron chi connectivity index (χ0n) is 14.7. The van der Waals surface area contributed by atoms with Crippen LogP contribution in [0.4, 0.5) is 0 Å². The van der Waals surface area contributed by atoms with E-state index in [2.05, 4.69) is 0 Å². The van der Waals surface area contributed by atoms with Gasteiger partial charge in [-0.05, 0) is 49.8 Å². The number of ketones is 1. The summed E-state index contributed by atoms with van der Waals surface area (Å²) in [5.41, 5.74) is 1.07. The van der Waals surface area contributed by atoms with Crippen LogP contribution in [0.2, 0.25) is 0 Å². The first-order valence-corrected chi connectivity index (χ1v) is 8.58. The van der Waals surface area contributed by atoms with Crippen molar-refractivity contribution in [3.05, 3.63) is 76.5 Å². The van der Waals surface area contributed by atoms with Crippen molar-refractivity contribution in [2.24, 2.45) is 0 Å². The molecule has 0 aromatic heterocycles. The van der Waals surface area contributed by atoms with Gasteiger partial charge >= 0.3 is 0 Å². The molecule has 0 saturated carbocycles. The Bertz CT molecular complexity index is 897. The fourth-order valence-electron chi connectivity index (χ4n) is 3.39. The Balaban J connectivity index is 1.72. The molecule has 1 aromatic rings. The number of aliphatic hydroxyl groups excluding tert-OH is 1. The maximum atomic E-state index is 12.8. The van der Waals surface area contributed by atoms with Crippen molar-refractivity contribution in [2.45, 2.75) is 38.4 Å². The monoisotopic (exact) mass is 352 g/mol. The molecule has 1 unspecified atom stereocenters. The van der Waals surface area contributed by atoms with Crippen LogP contribution in [0.3, 0.4) is 0 Å². The van der Waals surface area contributed by atoms with E-state index in [4.69, 9.17) is 9.47 Å². The smallest absolute Gasteiger partial charge is 0.174 e. The fraction of sp³-hybridized carbons (Fsp3) is 0.286. The molecular formula is C21H20O5. The van der Waals surface area contributed by atoms with Crippen LogP contribution < -0.4 is 0 Å². The van der Waals surface area contributed by atoms with Crippen molar-refractivity contribution in [3.8, 4) is 5.75 Å². The normalized spacial score (nSPS) is 24.2. The van der Waals surface area contributed by atoms with Gasteiger partial charge in [0.25, 0.3) is 0 Å². The quantitative estimate of drug-likeness (QED) is 0.794. The highest BCUT2D eigenvalue weighted by atomic mass is 16.5. The molecule has 134 valence electrons. The summed E-state index contributed by atoms with van der Waals surface area (Å²) in [6.45, 7) is 3.86. The molecule has 1 aromatic carbocycles. The van der Waals surface area contributed by atoms with E-state index in [0.717, 1.165) is 5.56 Å². The number of Topliss-reactive ketones (excluding diaryl/α,β-unsaturated/α-hetero) is 1. The summed E-state index contributed by atoms with van der Waals surface area (Å²) in [4.78, 5) is 12.8. The second-order valence-corrected chi connectivity index (χ2v) is 7.20. The topological polar surface area (TPSA) is 76.0 Å². The third-order valence-corrected chi connectivity index (χ3v) is 4.73. The molecule has 0 saturated heterocycles. The summed E-state index contributed by atoms with van der Waals surface area (Å²) in [7, 11) is 0. The zero-order valence-corrected chi connectivity index (χ0v) is 14.7. The van der Waals surface area contributed by atoms with Crippen LogP contribution in [0.25, 0.3) is 0 Å². The number of phenolic OH excluding ortho intramolecular Hbond substituents is 1. The van der Waals surface area contributed by atoms with E-state index in [1.165, 1.54) is 0 Å². The molecule has 2 N–H and O–H groups in total. The van der Waals surface area contributed by atoms with Crippen LogP contribution in [0, 0.1) is 0 Å².